The average molecular weight is 210 g/mol. The summed E-state index contributed by atoms with van der Waals surface area (Å²) in [5.41, 5.74) is 0.809. The van der Waals surface area contributed by atoms with Gasteiger partial charge in [0.2, 0.25) is 0 Å². The Hall–Kier alpha value is -1.55. The molecule has 0 unspecified atom stereocenters. The number of nitrogens with one attached hydrogen (secondary N) is 1. The first-order chi connectivity index (χ1) is 6.79. The highest BCUT2D eigenvalue weighted by Gasteiger charge is 2.05. The zero-order chi connectivity index (χ0) is 9.97. The normalized spacial score (nSPS) is 10.1. The summed E-state index contributed by atoms with van der Waals surface area (Å²) in [6.45, 7) is 0. The molecule has 5 heteroatoms. The van der Waals surface area contributed by atoms with Crippen LogP contribution in [0.4, 0.5) is 5.82 Å². The molecule has 0 saturated carbocycles. The van der Waals surface area contributed by atoms with Crippen LogP contribution in [0.5, 0.6) is 0 Å². The number of hydrogen-bond donors (Lipinski definition) is 1. The minimum atomic E-state index is 0.403. The topological polar surface area (TPSA) is 51.0 Å². The first-order valence-corrected chi connectivity index (χ1v) is 4.42. The average Bonchev–Trinajstić information content (AvgIpc) is 2.69. The first kappa shape index (κ1) is 9.02. The summed E-state index contributed by atoms with van der Waals surface area (Å²) in [5, 5.41) is 3.31. The van der Waals surface area contributed by atoms with Crippen LogP contribution in [0.25, 0.3) is 11.4 Å². The number of nitrogens with zero attached hydrogens (tertiary/aromatic N) is 2. The van der Waals surface area contributed by atoms with Crippen molar-refractivity contribution in [3.05, 3.63) is 29.8 Å². The zero-order valence-electron chi connectivity index (χ0n) is 7.49. The SMILES string of the molecule is CNc1cc(Cl)nc(-c2ccoc2)n1. The Bertz CT molecular complexity index is 428. The highest BCUT2D eigenvalue weighted by atomic mass is 35.5. The Labute approximate surface area is 85.9 Å². The van der Waals surface area contributed by atoms with Crippen LogP contribution in [0, 0.1) is 0 Å². The number of aromatic nitrogens is 2. The van der Waals surface area contributed by atoms with Gasteiger partial charge in [-0.3, -0.25) is 0 Å². The summed E-state index contributed by atoms with van der Waals surface area (Å²) in [4.78, 5) is 8.31. The van der Waals surface area contributed by atoms with E-state index in [4.69, 9.17) is 16.0 Å². The summed E-state index contributed by atoms with van der Waals surface area (Å²) in [6.07, 6.45) is 3.14. The van der Waals surface area contributed by atoms with Crippen molar-refractivity contribution >= 4 is 17.4 Å². The molecule has 72 valence electrons. The van der Waals surface area contributed by atoms with E-state index < -0.39 is 0 Å². The number of anilines is 1. The van der Waals surface area contributed by atoms with Crippen molar-refractivity contribution in [2.45, 2.75) is 0 Å². The Morgan fingerprint density at radius 2 is 2.29 bits per heavy atom. The lowest BCUT2D eigenvalue weighted by Gasteiger charge is -2.01. The van der Waals surface area contributed by atoms with Gasteiger partial charge in [-0.25, -0.2) is 9.97 Å². The van der Waals surface area contributed by atoms with Gasteiger partial charge in [0, 0.05) is 13.1 Å². The molecule has 0 atom stereocenters. The van der Waals surface area contributed by atoms with Crippen LogP contribution in [0.2, 0.25) is 5.15 Å². The van der Waals surface area contributed by atoms with Gasteiger partial charge >= 0.3 is 0 Å². The predicted molar refractivity (Wildman–Crippen MR) is 54.3 cm³/mol. The third kappa shape index (κ3) is 1.70. The maximum Gasteiger partial charge on any atom is 0.166 e. The molecule has 0 radical (unpaired) electrons. The standard InChI is InChI=1S/C9H8ClN3O/c1-11-8-4-7(10)12-9(13-8)6-2-3-14-5-6/h2-5H,1H3,(H,11,12,13). The molecule has 4 nitrogen and oxygen atoms in total. The number of hydrogen-bond acceptors (Lipinski definition) is 4. The fourth-order valence-corrected chi connectivity index (χ4v) is 1.25. The molecule has 0 aromatic carbocycles. The van der Waals surface area contributed by atoms with E-state index in [1.807, 2.05) is 0 Å². The van der Waals surface area contributed by atoms with Crippen molar-refractivity contribution in [1.29, 1.82) is 0 Å². The third-order valence-corrected chi connectivity index (χ3v) is 1.92. The van der Waals surface area contributed by atoms with Crippen molar-refractivity contribution in [1.82, 2.24) is 9.97 Å². The summed E-state index contributed by atoms with van der Waals surface area (Å²) in [7, 11) is 1.78. The van der Waals surface area contributed by atoms with Crippen molar-refractivity contribution in [3.8, 4) is 11.4 Å². The van der Waals surface area contributed by atoms with E-state index in [9.17, 15) is 0 Å². The second kappa shape index (κ2) is 3.67. The minimum Gasteiger partial charge on any atom is -0.472 e. The Balaban J connectivity index is 2.48. The van der Waals surface area contributed by atoms with Gasteiger partial charge in [0.05, 0.1) is 11.8 Å². The van der Waals surface area contributed by atoms with Crippen LogP contribution in [-0.2, 0) is 0 Å². The summed E-state index contributed by atoms with van der Waals surface area (Å²) in [6, 6.07) is 3.44. The van der Waals surface area contributed by atoms with Gasteiger partial charge in [0.15, 0.2) is 5.82 Å². The summed E-state index contributed by atoms with van der Waals surface area (Å²) in [5.74, 6) is 1.23. The Kier molecular flexibility index (Phi) is 2.37. The van der Waals surface area contributed by atoms with Gasteiger partial charge in [0.1, 0.15) is 17.2 Å². The maximum atomic E-state index is 5.82. The quantitative estimate of drug-likeness (QED) is 0.772. The molecule has 0 fully saturated rings. The Morgan fingerprint density at radius 3 is 2.93 bits per heavy atom. The van der Waals surface area contributed by atoms with Crippen molar-refractivity contribution in [3.63, 3.8) is 0 Å². The van der Waals surface area contributed by atoms with E-state index in [1.165, 1.54) is 0 Å². The van der Waals surface area contributed by atoms with E-state index >= 15 is 0 Å². The van der Waals surface area contributed by atoms with E-state index in [0.29, 0.717) is 16.8 Å². The third-order valence-electron chi connectivity index (χ3n) is 1.73. The van der Waals surface area contributed by atoms with Crippen molar-refractivity contribution in [2.24, 2.45) is 0 Å². The molecule has 2 rings (SSSR count). The molecule has 2 aromatic heterocycles. The molecule has 0 aliphatic carbocycles. The highest BCUT2D eigenvalue weighted by Crippen LogP contribution is 2.19. The predicted octanol–water partition coefficient (Wildman–Crippen LogP) is 2.43. The lowest BCUT2D eigenvalue weighted by molar-refractivity contribution is 0.568. The number of rotatable bonds is 2. The van der Waals surface area contributed by atoms with Crippen LogP contribution in [0.15, 0.2) is 29.1 Å². The second-order valence-corrected chi connectivity index (χ2v) is 3.05. The first-order valence-electron chi connectivity index (χ1n) is 4.04. The molecule has 14 heavy (non-hydrogen) atoms. The minimum absolute atomic E-state index is 0.403. The molecule has 0 amide bonds. The molecule has 2 aromatic rings. The van der Waals surface area contributed by atoms with Crippen LogP contribution < -0.4 is 5.32 Å². The van der Waals surface area contributed by atoms with Crippen molar-refractivity contribution < 1.29 is 4.42 Å². The zero-order valence-corrected chi connectivity index (χ0v) is 8.25. The van der Waals surface area contributed by atoms with Crippen molar-refractivity contribution in [2.75, 3.05) is 12.4 Å². The van der Waals surface area contributed by atoms with E-state index in [-0.39, 0.29) is 0 Å². The van der Waals surface area contributed by atoms with E-state index in [1.54, 1.807) is 31.7 Å². The lowest BCUT2D eigenvalue weighted by Crippen LogP contribution is -1.96. The summed E-state index contributed by atoms with van der Waals surface area (Å²) < 4.78 is 4.94. The van der Waals surface area contributed by atoms with E-state index in [2.05, 4.69) is 15.3 Å². The molecule has 2 heterocycles. The van der Waals surface area contributed by atoms with Gasteiger partial charge in [-0.15, -0.1) is 0 Å². The molecule has 0 spiro atoms. The lowest BCUT2D eigenvalue weighted by atomic mass is 10.3. The highest BCUT2D eigenvalue weighted by molar-refractivity contribution is 6.29. The molecule has 0 aliphatic heterocycles. The van der Waals surface area contributed by atoms with E-state index in [0.717, 1.165) is 5.56 Å². The van der Waals surface area contributed by atoms with Crippen LogP contribution >= 0.6 is 11.6 Å². The Morgan fingerprint density at radius 1 is 1.43 bits per heavy atom. The second-order valence-electron chi connectivity index (χ2n) is 2.66. The van der Waals surface area contributed by atoms with Crippen LogP contribution in [-0.4, -0.2) is 17.0 Å². The number of halogens is 1. The fraction of sp³-hybridized carbons (Fsp3) is 0.111. The van der Waals surface area contributed by atoms with Crippen LogP contribution in [0.1, 0.15) is 0 Å². The van der Waals surface area contributed by atoms with Gasteiger partial charge in [-0.2, -0.15) is 0 Å². The van der Waals surface area contributed by atoms with Crippen LogP contribution in [0.3, 0.4) is 0 Å². The number of furan rings is 1. The molecular formula is C9H8ClN3O. The molecule has 1 N–H and O–H groups in total. The van der Waals surface area contributed by atoms with Gasteiger partial charge in [0.25, 0.3) is 0 Å². The van der Waals surface area contributed by atoms with Gasteiger partial charge in [-0.05, 0) is 6.07 Å². The summed E-state index contributed by atoms with van der Waals surface area (Å²) >= 11 is 5.82. The molecule has 0 bridgehead atoms. The maximum absolute atomic E-state index is 5.82. The largest absolute Gasteiger partial charge is 0.472 e. The molecule has 0 saturated heterocycles. The van der Waals surface area contributed by atoms with Gasteiger partial charge < -0.3 is 9.73 Å². The van der Waals surface area contributed by atoms with Gasteiger partial charge in [-0.1, -0.05) is 11.6 Å². The molecular weight excluding hydrogens is 202 g/mol. The molecule has 0 aliphatic rings. The fourth-order valence-electron chi connectivity index (χ4n) is 1.07. The monoisotopic (exact) mass is 209 g/mol. The smallest absolute Gasteiger partial charge is 0.166 e.